The maximum Gasteiger partial charge on any atom is 0.265 e. The van der Waals surface area contributed by atoms with Crippen molar-refractivity contribution >= 4 is 50.2 Å². The summed E-state index contributed by atoms with van der Waals surface area (Å²) in [5.74, 6) is 1.04. The van der Waals surface area contributed by atoms with E-state index >= 15 is 0 Å². The maximum absolute atomic E-state index is 5.32. The minimum absolute atomic E-state index is 0.315. The lowest BCUT2D eigenvalue weighted by atomic mass is 10.1. The van der Waals surface area contributed by atoms with E-state index in [1.54, 1.807) is 13.3 Å². The average Bonchev–Trinajstić information content (AvgIpc) is 3.05. The Morgan fingerprint density at radius 1 is 1.22 bits per heavy atom. The van der Waals surface area contributed by atoms with E-state index in [1.165, 1.54) is 5.56 Å². The molecule has 0 unspecified atom stereocenters. The Labute approximate surface area is 164 Å². The molecular formula is C19H17BrN6O. The van der Waals surface area contributed by atoms with Crippen LogP contribution in [0.25, 0.3) is 22.1 Å². The Kier molecular flexibility index (Phi) is 4.72. The van der Waals surface area contributed by atoms with Crippen LogP contribution in [0.2, 0.25) is 0 Å². The van der Waals surface area contributed by atoms with Crippen molar-refractivity contribution in [1.82, 2.24) is 20.2 Å². The number of hydrogen-bond donors (Lipinski definition) is 2. The van der Waals surface area contributed by atoms with Gasteiger partial charge in [-0.1, -0.05) is 28.9 Å². The summed E-state index contributed by atoms with van der Waals surface area (Å²) >= 11 is 3.44. The number of hydrogen-bond acceptors (Lipinski definition) is 6. The number of ether oxygens (including phenoxy) is 1. The number of hydrazone groups is 1. The predicted octanol–water partition coefficient (Wildman–Crippen LogP) is 4.29. The molecule has 27 heavy (non-hydrogen) atoms. The molecule has 0 fully saturated rings. The van der Waals surface area contributed by atoms with Crippen molar-refractivity contribution < 1.29 is 4.74 Å². The Balaban J connectivity index is 1.61. The van der Waals surface area contributed by atoms with Crippen molar-refractivity contribution in [2.45, 2.75) is 13.3 Å². The van der Waals surface area contributed by atoms with Crippen LogP contribution >= 0.6 is 15.9 Å². The fraction of sp³-hybridized carbons (Fsp3) is 0.158. The fourth-order valence-corrected chi connectivity index (χ4v) is 3.23. The first-order valence-electron chi connectivity index (χ1n) is 8.45. The SMILES string of the molecule is CCc1ccc2[nH]c3nc(N/N=C\c4cc(Br)ccc4OC)nnc3c2c1. The van der Waals surface area contributed by atoms with E-state index in [2.05, 4.69) is 65.7 Å². The molecular weight excluding hydrogens is 408 g/mol. The van der Waals surface area contributed by atoms with Gasteiger partial charge in [-0.05, 0) is 42.3 Å². The maximum atomic E-state index is 5.32. The highest BCUT2D eigenvalue weighted by Crippen LogP contribution is 2.24. The lowest BCUT2D eigenvalue weighted by Crippen LogP contribution is -1.99. The zero-order valence-corrected chi connectivity index (χ0v) is 16.4. The van der Waals surface area contributed by atoms with Crippen LogP contribution in [-0.2, 0) is 6.42 Å². The van der Waals surface area contributed by atoms with E-state index in [1.807, 2.05) is 24.3 Å². The number of aromatic nitrogens is 4. The molecule has 2 heterocycles. The quantitative estimate of drug-likeness (QED) is 0.368. The summed E-state index contributed by atoms with van der Waals surface area (Å²) in [5.41, 5.74) is 7.31. The highest BCUT2D eigenvalue weighted by Gasteiger charge is 2.09. The number of rotatable bonds is 5. The summed E-state index contributed by atoms with van der Waals surface area (Å²) < 4.78 is 6.26. The standard InChI is InChI=1S/C19H17BrN6O/c1-3-11-4-6-15-14(8-11)17-18(22-15)23-19(26-24-17)25-21-10-12-9-13(20)5-7-16(12)27-2/h4-10H,3H2,1-2H3,(H2,22,23,25,26)/b21-10-. The lowest BCUT2D eigenvalue weighted by Gasteiger charge is -2.04. The molecule has 0 atom stereocenters. The molecule has 0 spiro atoms. The van der Waals surface area contributed by atoms with Crippen molar-refractivity contribution in [3.8, 4) is 5.75 Å². The van der Waals surface area contributed by atoms with Gasteiger partial charge in [0.15, 0.2) is 5.65 Å². The van der Waals surface area contributed by atoms with E-state index in [4.69, 9.17) is 4.74 Å². The van der Waals surface area contributed by atoms with Gasteiger partial charge < -0.3 is 9.72 Å². The number of aryl methyl sites for hydroxylation is 1. The Morgan fingerprint density at radius 2 is 2.11 bits per heavy atom. The van der Waals surface area contributed by atoms with Gasteiger partial charge in [-0.3, -0.25) is 0 Å². The van der Waals surface area contributed by atoms with E-state index < -0.39 is 0 Å². The first kappa shape index (κ1) is 17.4. The number of nitrogens with one attached hydrogen (secondary N) is 2. The molecule has 7 nitrogen and oxygen atoms in total. The number of aromatic amines is 1. The van der Waals surface area contributed by atoms with Gasteiger partial charge in [-0.25, -0.2) is 5.43 Å². The van der Waals surface area contributed by atoms with E-state index in [0.717, 1.165) is 38.6 Å². The molecule has 0 aliphatic carbocycles. The molecule has 0 saturated carbocycles. The summed E-state index contributed by atoms with van der Waals surface area (Å²) in [7, 11) is 1.62. The van der Waals surface area contributed by atoms with E-state index in [9.17, 15) is 0 Å². The Morgan fingerprint density at radius 3 is 2.93 bits per heavy atom. The van der Waals surface area contributed by atoms with Gasteiger partial charge in [0.2, 0.25) is 0 Å². The van der Waals surface area contributed by atoms with Crippen LogP contribution in [0.4, 0.5) is 5.95 Å². The van der Waals surface area contributed by atoms with Crippen molar-refractivity contribution in [3.05, 3.63) is 52.0 Å². The van der Waals surface area contributed by atoms with Gasteiger partial charge in [-0.15, -0.1) is 10.2 Å². The van der Waals surface area contributed by atoms with Gasteiger partial charge in [0, 0.05) is 20.9 Å². The van der Waals surface area contributed by atoms with Gasteiger partial charge in [0.05, 0.1) is 13.3 Å². The first-order chi connectivity index (χ1) is 13.2. The molecule has 4 rings (SSSR count). The summed E-state index contributed by atoms with van der Waals surface area (Å²) in [5, 5.41) is 13.7. The zero-order chi connectivity index (χ0) is 18.8. The van der Waals surface area contributed by atoms with E-state index in [0.29, 0.717) is 11.6 Å². The molecule has 0 amide bonds. The molecule has 0 radical (unpaired) electrons. The van der Waals surface area contributed by atoms with Crippen molar-refractivity contribution in [3.63, 3.8) is 0 Å². The number of methoxy groups -OCH3 is 1. The average molecular weight is 425 g/mol. The first-order valence-corrected chi connectivity index (χ1v) is 9.25. The Bertz CT molecular complexity index is 1150. The molecule has 2 N–H and O–H groups in total. The molecule has 4 aromatic rings. The van der Waals surface area contributed by atoms with Gasteiger partial charge >= 0.3 is 0 Å². The minimum atomic E-state index is 0.315. The van der Waals surface area contributed by atoms with Crippen molar-refractivity contribution in [2.75, 3.05) is 12.5 Å². The molecule has 0 aliphatic rings. The van der Waals surface area contributed by atoms with Crippen LogP contribution in [0.5, 0.6) is 5.75 Å². The lowest BCUT2D eigenvalue weighted by molar-refractivity contribution is 0.414. The normalized spacial score (nSPS) is 11.5. The Hall–Kier alpha value is -3.00. The second-order valence-electron chi connectivity index (χ2n) is 5.95. The number of fused-ring (bicyclic) bond motifs is 3. The topological polar surface area (TPSA) is 88.1 Å². The third-order valence-corrected chi connectivity index (χ3v) is 4.74. The van der Waals surface area contributed by atoms with Crippen LogP contribution in [0, 0.1) is 0 Å². The summed E-state index contributed by atoms with van der Waals surface area (Å²) in [6.45, 7) is 2.13. The van der Waals surface area contributed by atoms with Crippen molar-refractivity contribution in [1.29, 1.82) is 0 Å². The van der Waals surface area contributed by atoms with Crippen LogP contribution in [0.15, 0.2) is 46.0 Å². The second kappa shape index (κ2) is 7.32. The van der Waals surface area contributed by atoms with E-state index in [-0.39, 0.29) is 0 Å². The van der Waals surface area contributed by atoms with Crippen LogP contribution in [0.3, 0.4) is 0 Å². The molecule has 0 aliphatic heterocycles. The number of benzene rings is 2. The largest absolute Gasteiger partial charge is 0.496 e. The smallest absolute Gasteiger partial charge is 0.265 e. The van der Waals surface area contributed by atoms with Gasteiger partial charge in [0.1, 0.15) is 11.3 Å². The van der Waals surface area contributed by atoms with Crippen LogP contribution < -0.4 is 10.2 Å². The van der Waals surface area contributed by atoms with Gasteiger partial charge in [0.25, 0.3) is 5.95 Å². The molecule has 0 saturated heterocycles. The molecule has 8 heteroatoms. The summed E-state index contributed by atoms with van der Waals surface area (Å²) in [6.07, 6.45) is 2.62. The predicted molar refractivity (Wildman–Crippen MR) is 110 cm³/mol. The minimum Gasteiger partial charge on any atom is -0.496 e. The number of H-pyrrole nitrogens is 1. The third-order valence-electron chi connectivity index (χ3n) is 4.25. The van der Waals surface area contributed by atoms with Crippen molar-refractivity contribution in [2.24, 2.45) is 5.10 Å². The van der Waals surface area contributed by atoms with Crippen LogP contribution in [0.1, 0.15) is 18.1 Å². The number of nitrogens with zero attached hydrogens (tertiary/aromatic N) is 4. The third kappa shape index (κ3) is 3.48. The zero-order valence-electron chi connectivity index (χ0n) is 14.8. The summed E-state index contributed by atoms with van der Waals surface area (Å²) in [4.78, 5) is 7.74. The molecule has 2 aromatic heterocycles. The highest BCUT2D eigenvalue weighted by atomic mass is 79.9. The fourth-order valence-electron chi connectivity index (χ4n) is 2.85. The number of anilines is 1. The second-order valence-corrected chi connectivity index (χ2v) is 6.86. The molecule has 136 valence electrons. The number of halogens is 1. The highest BCUT2D eigenvalue weighted by molar-refractivity contribution is 9.10. The van der Waals surface area contributed by atoms with Crippen LogP contribution in [-0.4, -0.2) is 33.5 Å². The molecule has 0 bridgehead atoms. The van der Waals surface area contributed by atoms with Gasteiger partial charge in [-0.2, -0.15) is 10.1 Å². The monoisotopic (exact) mass is 424 g/mol. The molecule has 2 aromatic carbocycles. The summed E-state index contributed by atoms with van der Waals surface area (Å²) in [6, 6.07) is 11.9.